The van der Waals surface area contributed by atoms with Gasteiger partial charge in [-0.1, -0.05) is 127 Å². The number of hydrogen-bond acceptors (Lipinski definition) is 4. The predicted octanol–water partition coefficient (Wildman–Crippen LogP) is 13.8. The third-order valence-corrected chi connectivity index (χ3v) is 10.8. The summed E-state index contributed by atoms with van der Waals surface area (Å²) in [5, 5.41) is 5.67. The Labute approximate surface area is 299 Å². The Hall–Kier alpha value is -6.49. The lowest BCUT2D eigenvalue weighted by atomic mass is 9.99. The average Bonchev–Trinajstić information content (AvgIpc) is 3.81. The van der Waals surface area contributed by atoms with E-state index in [0.29, 0.717) is 0 Å². The number of benzene rings is 8. The van der Waals surface area contributed by atoms with Crippen molar-refractivity contribution in [2.24, 2.45) is 0 Å². The molecule has 0 aliphatic rings. The number of fused-ring (bicyclic) bond motifs is 6. The van der Waals surface area contributed by atoms with Crippen LogP contribution in [-0.2, 0) is 0 Å². The quantitative estimate of drug-likeness (QED) is 0.176. The second kappa shape index (κ2) is 12.1. The van der Waals surface area contributed by atoms with Gasteiger partial charge in [-0.3, -0.25) is 0 Å². The first-order chi connectivity index (χ1) is 25.3. The molecule has 0 saturated carbocycles. The van der Waals surface area contributed by atoms with Gasteiger partial charge in [0.05, 0.1) is 15.9 Å². The summed E-state index contributed by atoms with van der Waals surface area (Å²) in [6.07, 6.45) is 0. The molecule has 4 heteroatoms. The van der Waals surface area contributed by atoms with Crippen molar-refractivity contribution in [1.82, 2.24) is 4.98 Å². The molecule has 10 rings (SSSR count). The molecule has 0 aliphatic heterocycles. The Morgan fingerprint density at radius 2 is 1.14 bits per heavy atom. The Kier molecular flexibility index (Phi) is 7.00. The van der Waals surface area contributed by atoms with Crippen molar-refractivity contribution in [3.8, 4) is 32.8 Å². The Balaban J connectivity index is 1.15. The number of hydrogen-bond donors (Lipinski definition) is 0. The molecular formula is C47H30N2OS. The van der Waals surface area contributed by atoms with Gasteiger partial charge >= 0.3 is 0 Å². The lowest BCUT2D eigenvalue weighted by Gasteiger charge is -2.28. The molecule has 0 amide bonds. The van der Waals surface area contributed by atoms with Crippen molar-refractivity contribution in [3.63, 3.8) is 0 Å². The maximum absolute atomic E-state index is 6.47. The number of nitrogens with zero attached hydrogens (tertiary/aromatic N) is 2. The minimum atomic E-state index is 0.860. The van der Waals surface area contributed by atoms with E-state index in [1.54, 1.807) is 11.3 Å². The number of thiazole rings is 1. The lowest BCUT2D eigenvalue weighted by Crippen LogP contribution is -2.11. The number of rotatable bonds is 6. The van der Waals surface area contributed by atoms with Gasteiger partial charge in [-0.25, -0.2) is 4.98 Å². The van der Waals surface area contributed by atoms with Crippen molar-refractivity contribution < 1.29 is 4.42 Å². The highest BCUT2D eigenvalue weighted by Crippen LogP contribution is 2.45. The molecule has 0 saturated heterocycles. The predicted molar refractivity (Wildman–Crippen MR) is 215 cm³/mol. The second-order valence-electron chi connectivity index (χ2n) is 12.8. The molecule has 0 unspecified atom stereocenters. The molecule has 0 atom stereocenters. The maximum Gasteiger partial charge on any atom is 0.137 e. The van der Waals surface area contributed by atoms with Gasteiger partial charge in [0.2, 0.25) is 0 Å². The van der Waals surface area contributed by atoms with Gasteiger partial charge in [0.15, 0.2) is 0 Å². The van der Waals surface area contributed by atoms with Gasteiger partial charge in [0.25, 0.3) is 0 Å². The van der Waals surface area contributed by atoms with Crippen LogP contribution in [-0.4, -0.2) is 4.98 Å². The molecule has 51 heavy (non-hydrogen) atoms. The molecule has 0 radical (unpaired) electrons. The monoisotopic (exact) mass is 670 g/mol. The van der Waals surface area contributed by atoms with Crippen LogP contribution in [0.15, 0.2) is 186 Å². The summed E-state index contributed by atoms with van der Waals surface area (Å²) in [6, 6.07) is 64.5. The molecule has 8 aromatic carbocycles. The fourth-order valence-corrected chi connectivity index (χ4v) is 8.33. The standard InChI is InChI=1S/C47H30N2OS/c1-3-12-33(13-4-1)39-17-9-10-18-42(39)49(37-23-21-32(22-24-37)36-20-19-31-11-7-8-16-35(31)29-36)38-25-27-43-40(30-38)45-44(50-43)28-26-41-46(45)51-47(48-41)34-14-5-2-6-15-34/h1-30H. The van der Waals surface area contributed by atoms with Gasteiger partial charge < -0.3 is 9.32 Å². The van der Waals surface area contributed by atoms with Crippen molar-refractivity contribution in [3.05, 3.63) is 182 Å². The lowest BCUT2D eigenvalue weighted by molar-refractivity contribution is 0.669. The fourth-order valence-electron chi connectivity index (χ4n) is 7.21. The van der Waals surface area contributed by atoms with Crippen molar-refractivity contribution in [2.75, 3.05) is 4.90 Å². The number of anilines is 3. The summed E-state index contributed by atoms with van der Waals surface area (Å²) in [4.78, 5) is 7.40. The molecule has 0 aliphatic carbocycles. The normalized spacial score (nSPS) is 11.5. The van der Waals surface area contributed by atoms with Crippen LogP contribution in [0.1, 0.15) is 0 Å². The van der Waals surface area contributed by atoms with E-state index in [0.717, 1.165) is 65.4 Å². The topological polar surface area (TPSA) is 29.3 Å². The summed E-state index contributed by atoms with van der Waals surface area (Å²) in [7, 11) is 0. The van der Waals surface area contributed by atoms with Gasteiger partial charge in [0.1, 0.15) is 16.2 Å². The highest BCUT2D eigenvalue weighted by Gasteiger charge is 2.21. The molecular weight excluding hydrogens is 641 g/mol. The first kappa shape index (κ1) is 29.4. The molecule has 0 bridgehead atoms. The fraction of sp³-hybridized carbons (Fsp3) is 0. The van der Waals surface area contributed by atoms with Crippen LogP contribution < -0.4 is 4.90 Å². The van der Waals surface area contributed by atoms with Crippen molar-refractivity contribution in [2.45, 2.75) is 0 Å². The largest absolute Gasteiger partial charge is 0.456 e. The number of para-hydroxylation sites is 1. The van der Waals surface area contributed by atoms with Crippen LogP contribution in [0.2, 0.25) is 0 Å². The summed E-state index contributed by atoms with van der Waals surface area (Å²) < 4.78 is 7.61. The molecule has 0 fully saturated rings. The van der Waals surface area contributed by atoms with Crippen LogP contribution in [0.3, 0.4) is 0 Å². The van der Waals surface area contributed by atoms with Gasteiger partial charge in [0, 0.05) is 33.3 Å². The average molecular weight is 671 g/mol. The van der Waals surface area contributed by atoms with Crippen molar-refractivity contribution >= 4 is 71.3 Å². The number of aromatic nitrogens is 1. The Morgan fingerprint density at radius 3 is 1.96 bits per heavy atom. The van der Waals surface area contributed by atoms with E-state index in [1.807, 2.05) is 6.07 Å². The van der Waals surface area contributed by atoms with E-state index in [4.69, 9.17) is 9.40 Å². The molecule has 2 heterocycles. The highest BCUT2D eigenvalue weighted by atomic mass is 32.1. The van der Waals surface area contributed by atoms with Crippen LogP contribution in [0.5, 0.6) is 0 Å². The van der Waals surface area contributed by atoms with Crippen LogP contribution in [0.4, 0.5) is 17.1 Å². The third-order valence-electron chi connectivity index (χ3n) is 9.69. The molecule has 10 aromatic rings. The molecule has 0 N–H and O–H groups in total. The zero-order valence-electron chi connectivity index (χ0n) is 27.5. The summed E-state index contributed by atoms with van der Waals surface area (Å²) in [5.74, 6) is 0. The Morgan fingerprint density at radius 1 is 0.471 bits per heavy atom. The minimum Gasteiger partial charge on any atom is -0.456 e. The first-order valence-electron chi connectivity index (χ1n) is 17.1. The molecule has 3 nitrogen and oxygen atoms in total. The van der Waals surface area contributed by atoms with Gasteiger partial charge in [-0.2, -0.15) is 0 Å². The van der Waals surface area contributed by atoms with E-state index in [2.05, 4.69) is 181 Å². The van der Waals surface area contributed by atoms with Crippen molar-refractivity contribution in [1.29, 1.82) is 0 Å². The Bertz CT molecular complexity index is 2850. The van der Waals surface area contributed by atoms with Crippen LogP contribution in [0, 0.1) is 0 Å². The first-order valence-corrected chi connectivity index (χ1v) is 17.9. The third kappa shape index (κ3) is 5.16. The smallest absolute Gasteiger partial charge is 0.137 e. The van der Waals surface area contributed by atoms with Crippen LogP contribution in [0.25, 0.3) is 75.8 Å². The van der Waals surface area contributed by atoms with E-state index in [-0.39, 0.29) is 0 Å². The van der Waals surface area contributed by atoms with Gasteiger partial charge in [-0.15, -0.1) is 11.3 Å². The number of furan rings is 1. The van der Waals surface area contributed by atoms with E-state index < -0.39 is 0 Å². The zero-order valence-corrected chi connectivity index (χ0v) is 28.3. The molecule has 240 valence electrons. The molecule has 2 aromatic heterocycles. The zero-order chi connectivity index (χ0) is 33.7. The van der Waals surface area contributed by atoms with E-state index >= 15 is 0 Å². The summed E-state index contributed by atoms with van der Waals surface area (Å²) in [6.45, 7) is 0. The minimum absolute atomic E-state index is 0.860. The summed E-state index contributed by atoms with van der Waals surface area (Å²) in [5.41, 5.74) is 11.8. The highest BCUT2D eigenvalue weighted by molar-refractivity contribution is 7.22. The molecule has 0 spiro atoms. The maximum atomic E-state index is 6.47. The van der Waals surface area contributed by atoms with E-state index in [9.17, 15) is 0 Å². The van der Waals surface area contributed by atoms with Crippen LogP contribution >= 0.6 is 11.3 Å². The summed E-state index contributed by atoms with van der Waals surface area (Å²) >= 11 is 1.72. The second-order valence-corrected chi connectivity index (χ2v) is 13.8. The van der Waals surface area contributed by atoms with Gasteiger partial charge in [-0.05, 0) is 82.1 Å². The SMILES string of the molecule is c1ccc(-c2nc3ccc4oc5ccc(N(c6ccc(-c7ccc8ccccc8c7)cc6)c6ccccc6-c6ccccc6)cc5c4c3s2)cc1. The van der Waals surface area contributed by atoms with E-state index in [1.165, 1.54) is 27.5 Å².